The SMILES string of the molecule is O=C(Nc1ccccc1)/C(N=Nc1cc(S(=O)(=O)O)ccc1O)=N/Nc1cc(S(=O)(=O)O)ccc1O. The van der Waals surface area contributed by atoms with E-state index in [9.17, 15) is 40.9 Å². The number of rotatable bonds is 6. The molecule has 0 bridgehead atoms. The van der Waals surface area contributed by atoms with Gasteiger partial charge < -0.3 is 15.5 Å². The Kier molecular flexibility index (Phi) is 7.64. The number of hydrazone groups is 1. The first-order valence-corrected chi connectivity index (χ1v) is 12.5. The number of phenols is 2. The topological polar surface area (TPSA) is 227 Å². The normalized spacial score (nSPS) is 12.4. The number of anilines is 2. The standard InChI is InChI=1S/C20H17N5O9S2/c26-17-8-6-13(35(29,30)31)10-15(17)22-24-19(20(28)21-12-4-2-1-3-5-12)25-23-16-11-14(36(32,33)34)7-9-18(16)27/h1-11,22,26-27H,(H,21,28)(H,29,30,31)(H,32,33,34)/b24-19-,25-23?. The predicted molar refractivity (Wildman–Crippen MR) is 126 cm³/mol. The number of carbonyl (C=O) groups excluding carboxylic acids is 1. The smallest absolute Gasteiger partial charge is 0.297 e. The molecule has 0 aliphatic rings. The Hall–Kier alpha value is -4.38. The number of carbonyl (C=O) groups is 1. The summed E-state index contributed by atoms with van der Waals surface area (Å²) in [5, 5.41) is 33.3. The second kappa shape index (κ2) is 10.5. The van der Waals surface area contributed by atoms with E-state index < -0.39 is 59.0 Å². The number of amides is 1. The van der Waals surface area contributed by atoms with Gasteiger partial charge in [0.15, 0.2) is 0 Å². The molecular formula is C20H17N5O9S2. The molecule has 0 aromatic heterocycles. The first-order valence-electron chi connectivity index (χ1n) is 9.57. The maximum Gasteiger partial charge on any atom is 0.297 e. The summed E-state index contributed by atoms with van der Waals surface area (Å²) in [6.45, 7) is 0. The van der Waals surface area contributed by atoms with Crippen molar-refractivity contribution >= 4 is 49.0 Å². The first-order chi connectivity index (χ1) is 16.8. The van der Waals surface area contributed by atoms with Gasteiger partial charge in [0.1, 0.15) is 17.2 Å². The third-order valence-electron chi connectivity index (χ3n) is 4.28. The van der Waals surface area contributed by atoms with Crippen LogP contribution in [0.3, 0.4) is 0 Å². The molecule has 0 atom stereocenters. The quantitative estimate of drug-likeness (QED) is 0.0675. The van der Waals surface area contributed by atoms with Crippen molar-refractivity contribution in [2.24, 2.45) is 15.3 Å². The number of para-hydroxylation sites is 1. The third-order valence-corrected chi connectivity index (χ3v) is 5.98. The van der Waals surface area contributed by atoms with Crippen molar-refractivity contribution in [2.75, 3.05) is 10.7 Å². The Morgan fingerprint density at radius 2 is 1.36 bits per heavy atom. The lowest BCUT2D eigenvalue weighted by molar-refractivity contribution is -0.110. The molecule has 0 unspecified atom stereocenters. The number of phenolic OH excluding ortho intramolecular Hbond substituents is 2. The predicted octanol–water partition coefficient (Wildman–Crippen LogP) is 2.74. The van der Waals surface area contributed by atoms with Crippen LogP contribution in [0.15, 0.2) is 91.9 Å². The van der Waals surface area contributed by atoms with Gasteiger partial charge in [0.2, 0.25) is 0 Å². The van der Waals surface area contributed by atoms with E-state index in [2.05, 4.69) is 26.1 Å². The summed E-state index contributed by atoms with van der Waals surface area (Å²) >= 11 is 0. The Bertz CT molecular complexity index is 1570. The molecule has 0 aliphatic carbocycles. The lowest BCUT2D eigenvalue weighted by Crippen LogP contribution is -2.22. The monoisotopic (exact) mass is 535 g/mol. The number of hydrogen-bond acceptors (Lipinski definition) is 10. The zero-order valence-electron chi connectivity index (χ0n) is 17.8. The molecule has 0 fully saturated rings. The van der Waals surface area contributed by atoms with Gasteiger partial charge in [0.25, 0.3) is 32.0 Å². The van der Waals surface area contributed by atoms with E-state index in [4.69, 9.17) is 0 Å². The zero-order chi connectivity index (χ0) is 26.5. The molecule has 0 heterocycles. The highest BCUT2D eigenvalue weighted by molar-refractivity contribution is 7.86. The average Bonchev–Trinajstić information content (AvgIpc) is 2.80. The number of hydrogen-bond donors (Lipinski definition) is 6. The number of azo groups is 1. The van der Waals surface area contributed by atoms with E-state index in [-0.39, 0.29) is 5.69 Å². The highest BCUT2D eigenvalue weighted by Gasteiger charge is 2.17. The summed E-state index contributed by atoms with van der Waals surface area (Å²) < 4.78 is 63.8. The molecule has 0 saturated carbocycles. The van der Waals surface area contributed by atoms with Gasteiger partial charge in [-0.15, -0.1) is 15.3 Å². The molecule has 1 amide bonds. The van der Waals surface area contributed by atoms with Crippen LogP contribution in [0.5, 0.6) is 11.5 Å². The first kappa shape index (κ1) is 26.2. The number of amidine groups is 1. The molecule has 16 heteroatoms. The molecule has 14 nitrogen and oxygen atoms in total. The van der Waals surface area contributed by atoms with Gasteiger partial charge in [-0.1, -0.05) is 18.2 Å². The van der Waals surface area contributed by atoms with Crippen molar-refractivity contribution in [1.29, 1.82) is 0 Å². The Morgan fingerprint density at radius 1 is 0.778 bits per heavy atom. The van der Waals surface area contributed by atoms with Crippen LogP contribution in [0, 0.1) is 0 Å². The minimum Gasteiger partial charge on any atom is -0.506 e. The van der Waals surface area contributed by atoms with Crippen LogP contribution in [0.2, 0.25) is 0 Å². The Balaban J connectivity index is 2.00. The van der Waals surface area contributed by atoms with E-state index in [0.29, 0.717) is 5.69 Å². The van der Waals surface area contributed by atoms with Crippen LogP contribution in [0.4, 0.5) is 17.1 Å². The molecule has 3 aromatic carbocycles. The second-order valence-electron chi connectivity index (χ2n) is 6.85. The number of benzene rings is 3. The second-order valence-corrected chi connectivity index (χ2v) is 9.69. The number of aromatic hydroxyl groups is 2. The fourth-order valence-corrected chi connectivity index (χ4v) is 3.56. The van der Waals surface area contributed by atoms with Crippen LogP contribution >= 0.6 is 0 Å². The minimum absolute atomic E-state index is 0.331. The van der Waals surface area contributed by atoms with Crippen molar-refractivity contribution in [3.05, 3.63) is 66.7 Å². The van der Waals surface area contributed by atoms with E-state index in [0.717, 1.165) is 36.4 Å². The van der Waals surface area contributed by atoms with E-state index in [1.807, 2.05) is 0 Å². The summed E-state index contributed by atoms with van der Waals surface area (Å²) in [7, 11) is -9.26. The van der Waals surface area contributed by atoms with Crippen LogP contribution < -0.4 is 10.7 Å². The molecule has 0 radical (unpaired) electrons. The van der Waals surface area contributed by atoms with Gasteiger partial charge in [0.05, 0.1) is 15.5 Å². The zero-order valence-corrected chi connectivity index (χ0v) is 19.5. The van der Waals surface area contributed by atoms with Gasteiger partial charge >= 0.3 is 0 Å². The van der Waals surface area contributed by atoms with Crippen molar-refractivity contribution in [2.45, 2.75) is 9.79 Å². The molecule has 36 heavy (non-hydrogen) atoms. The molecule has 0 saturated heterocycles. The van der Waals surface area contributed by atoms with E-state index >= 15 is 0 Å². The van der Waals surface area contributed by atoms with Crippen molar-refractivity contribution in [1.82, 2.24) is 0 Å². The van der Waals surface area contributed by atoms with Crippen molar-refractivity contribution < 1.29 is 40.9 Å². The largest absolute Gasteiger partial charge is 0.506 e. The van der Waals surface area contributed by atoms with Crippen LogP contribution in [-0.2, 0) is 25.0 Å². The fourth-order valence-electron chi connectivity index (χ4n) is 2.55. The van der Waals surface area contributed by atoms with Gasteiger partial charge in [-0.2, -0.15) is 16.8 Å². The highest BCUT2D eigenvalue weighted by atomic mass is 32.2. The van der Waals surface area contributed by atoms with Gasteiger partial charge in [0, 0.05) is 5.69 Å². The van der Waals surface area contributed by atoms with E-state index in [1.54, 1.807) is 30.3 Å². The van der Waals surface area contributed by atoms with Crippen molar-refractivity contribution in [3.63, 3.8) is 0 Å². The van der Waals surface area contributed by atoms with Crippen molar-refractivity contribution in [3.8, 4) is 11.5 Å². The van der Waals surface area contributed by atoms with E-state index in [1.165, 1.54) is 0 Å². The Morgan fingerprint density at radius 3 is 1.97 bits per heavy atom. The molecular weight excluding hydrogens is 518 g/mol. The molecule has 3 aromatic rings. The number of nitrogens with zero attached hydrogens (tertiary/aromatic N) is 3. The maximum atomic E-state index is 12.7. The lowest BCUT2D eigenvalue weighted by Gasteiger charge is -2.08. The maximum absolute atomic E-state index is 12.7. The van der Waals surface area contributed by atoms with Gasteiger partial charge in [-0.3, -0.25) is 19.3 Å². The lowest BCUT2D eigenvalue weighted by atomic mass is 10.3. The summed E-state index contributed by atoms with van der Waals surface area (Å²) in [6.07, 6.45) is 0. The third kappa shape index (κ3) is 6.83. The number of nitrogens with one attached hydrogen (secondary N) is 2. The van der Waals surface area contributed by atoms with Gasteiger partial charge in [-0.05, 0) is 48.5 Å². The summed E-state index contributed by atoms with van der Waals surface area (Å²) in [5.74, 6) is -2.70. The van der Waals surface area contributed by atoms with Gasteiger partial charge in [-0.25, -0.2) is 0 Å². The summed E-state index contributed by atoms with van der Waals surface area (Å²) in [4.78, 5) is 11.6. The molecule has 188 valence electrons. The fraction of sp³-hybridized carbons (Fsp3) is 0. The highest BCUT2D eigenvalue weighted by Crippen LogP contribution is 2.30. The summed E-state index contributed by atoms with van der Waals surface area (Å²) in [5.41, 5.74) is 1.78. The van der Waals surface area contributed by atoms with Crippen LogP contribution in [0.1, 0.15) is 0 Å². The minimum atomic E-state index is -4.64. The molecule has 6 N–H and O–H groups in total. The summed E-state index contributed by atoms with van der Waals surface area (Å²) in [6, 6.07) is 13.4. The van der Waals surface area contributed by atoms with Crippen LogP contribution in [-0.4, -0.2) is 47.9 Å². The average molecular weight is 536 g/mol. The van der Waals surface area contributed by atoms with Crippen LogP contribution in [0.25, 0.3) is 0 Å². The molecule has 3 rings (SSSR count). The Labute approximate surface area is 204 Å². The molecule has 0 spiro atoms. The molecule has 0 aliphatic heterocycles.